The molecule has 1 heterocycles. The third-order valence-electron chi connectivity index (χ3n) is 3.77. The van der Waals surface area contributed by atoms with E-state index >= 15 is 0 Å². The average Bonchev–Trinajstić information content (AvgIpc) is 2.45. The molecule has 0 aliphatic heterocycles. The number of ether oxygens (including phenoxy) is 1. The van der Waals surface area contributed by atoms with Gasteiger partial charge in [-0.15, -0.1) is 0 Å². The van der Waals surface area contributed by atoms with Crippen molar-refractivity contribution in [3.63, 3.8) is 0 Å². The van der Waals surface area contributed by atoms with Gasteiger partial charge in [-0.3, -0.25) is 4.98 Å². The SMILES string of the molecule is COc1c(C)cnc(CC(O)Cc2ccc(C)cc2)c1C. The molecule has 0 fully saturated rings. The van der Waals surface area contributed by atoms with E-state index in [1.54, 1.807) is 13.3 Å². The largest absolute Gasteiger partial charge is 0.496 e. The van der Waals surface area contributed by atoms with Crippen LogP contribution in [0.4, 0.5) is 0 Å². The van der Waals surface area contributed by atoms with E-state index in [-0.39, 0.29) is 0 Å². The van der Waals surface area contributed by atoms with Crippen LogP contribution < -0.4 is 4.74 Å². The quantitative estimate of drug-likeness (QED) is 0.917. The number of rotatable bonds is 5. The lowest BCUT2D eigenvalue weighted by atomic mass is 10.0. The van der Waals surface area contributed by atoms with Crippen molar-refractivity contribution in [2.24, 2.45) is 0 Å². The van der Waals surface area contributed by atoms with E-state index < -0.39 is 6.10 Å². The predicted molar refractivity (Wildman–Crippen MR) is 84.9 cm³/mol. The van der Waals surface area contributed by atoms with Gasteiger partial charge in [-0.05, 0) is 32.8 Å². The summed E-state index contributed by atoms with van der Waals surface area (Å²) < 4.78 is 5.41. The van der Waals surface area contributed by atoms with Crippen LogP contribution in [-0.2, 0) is 12.8 Å². The van der Waals surface area contributed by atoms with Crippen molar-refractivity contribution in [1.82, 2.24) is 4.98 Å². The number of pyridine rings is 1. The summed E-state index contributed by atoms with van der Waals surface area (Å²) in [5.41, 5.74) is 5.31. The third kappa shape index (κ3) is 3.82. The first-order chi connectivity index (χ1) is 10.0. The minimum absolute atomic E-state index is 0.439. The van der Waals surface area contributed by atoms with Gasteiger partial charge in [0.05, 0.1) is 13.2 Å². The lowest BCUT2D eigenvalue weighted by Gasteiger charge is -2.15. The summed E-state index contributed by atoms with van der Waals surface area (Å²) in [6.07, 6.45) is 2.54. The molecule has 1 aromatic carbocycles. The van der Waals surface area contributed by atoms with Crippen LogP contribution in [-0.4, -0.2) is 23.3 Å². The number of nitrogens with zero attached hydrogens (tertiary/aromatic N) is 1. The molecule has 1 unspecified atom stereocenters. The summed E-state index contributed by atoms with van der Waals surface area (Å²) in [7, 11) is 1.67. The van der Waals surface area contributed by atoms with Crippen molar-refractivity contribution < 1.29 is 9.84 Å². The Bertz CT molecular complexity index is 605. The van der Waals surface area contributed by atoms with Gasteiger partial charge in [0, 0.05) is 29.4 Å². The zero-order valence-electron chi connectivity index (χ0n) is 13.2. The van der Waals surface area contributed by atoms with Crippen molar-refractivity contribution in [2.45, 2.75) is 39.7 Å². The van der Waals surface area contributed by atoms with E-state index in [0.717, 1.165) is 28.1 Å². The first-order valence-corrected chi connectivity index (χ1v) is 7.24. The standard InChI is InChI=1S/C18H23NO2/c1-12-5-7-15(8-6-12)9-16(20)10-17-14(3)18(21-4)13(2)11-19-17/h5-8,11,16,20H,9-10H2,1-4H3. The summed E-state index contributed by atoms with van der Waals surface area (Å²) >= 11 is 0. The van der Waals surface area contributed by atoms with Gasteiger partial charge in [-0.1, -0.05) is 29.8 Å². The van der Waals surface area contributed by atoms with E-state index in [1.807, 2.05) is 13.8 Å². The smallest absolute Gasteiger partial charge is 0.128 e. The molecule has 0 amide bonds. The highest BCUT2D eigenvalue weighted by Crippen LogP contribution is 2.25. The number of hydrogen-bond acceptors (Lipinski definition) is 3. The fourth-order valence-corrected chi connectivity index (χ4v) is 2.57. The summed E-state index contributed by atoms with van der Waals surface area (Å²) in [5.74, 6) is 0.863. The highest BCUT2D eigenvalue weighted by Gasteiger charge is 2.14. The number of aliphatic hydroxyl groups is 1. The first-order valence-electron chi connectivity index (χ1n) is 7.24. The van der Waals surface area contributed by atoms with Gasteiger partial charge >= 0.3 is 0 Å². The molecule has 3 nitrogen and oxygen atoms in total. The maximum atomic E-state index is 10.3. The van der Waals surface area contributed by atoms with Crippen molar-refractivity contribution in [2.75, 3.05) is 7.11 Å². The second kappa shape index (κ2) is 6.72. The van der Waals surface area contributed by atoms with Gasteiger partial charge in [0.25, 0.3) is 0 Å². The van der Waals surface area contributed by atoms with Gasteiger partial charge in [0.1, 0.15) is 5.75 Å². The fourth-order valence-electron chi connectivity index (χ4n) is 2.57. The van der Waals surface area contributed by atoms with Crippen molar-refractivity contribution in [1.29, 1.82) is 0 Å². The molecule has 0 aliphatic carbocycles. The molecule has 112 valence electrons. The van der Waals surface area contributed by atoms with E-state index in [4.69, 9.17) is 4.74 Å². The Morgan fingerprint density at radius 2 is 1.76 bits per heavy atom. The molecule has 0 radical (unpaired) electrons. The molecule has 1 N–H and O–H groups in total. The maximum absolute atomic E-state index is 10.3. The zero-order valence-corrected chi connectivity index (χ0v) is 13.2. The molecule has 2 rings (SSSR count). The topological polar surface area (TPSA) is 42.4 Å². The molecular weight excluding hydrogens is 262 g/mol. The number of methoxy groups -OCH3 is 1. The second-order valence-corrected chi connectivity index (χ2v) is 5.59. The number of hydrogen-bond donors (Lipinski definition) is 1. The molecular formula is C18H23NO2. The summed E-state index contributed by atoms with van der Waals surface area (Å²) in [6, 6.07) is 8.27. The van der Waals surface area contributed by atoms with Gasteiger partial charge in [0.15, 0.2) is 0 Å². The Morgan fingerprint density at radius 1 is 1.10 bits per heavy atom. The van der Waals surface area contributed by atoms with Crippen LogP contribution in [0.3, 0.4) is 0 Å². The number of benzene rings is 1. The van der Waals surface area contributed by atoms with Gasteiger partial charge in [-0.2, -0.15) is 0 Å². The lowest BCUT2D eigenvalue weighted by molar-refractivity contribution is 0.174. The van der Waals surface area contributed by atoms with Crippen LogP contribution in [0.25, 0.3) is 0 Å². The fraction of sp³-hybridized carbons (Fsp3) is 0.389. The molecule has 1 atom stereocenters. The lowest BCUT2D eigenvalue weighted by Crippen LogP contribution is -2.16. The Morgan fingerprint density at radius 3 is 2.38 bits per heavy atom. The number of aromatic nitrogens is 1. The number of aryl methyl sites for hydroxylation is 2. The summed E-state index contributed by atoms with van der Waals surface area (Å²) in [4.78, 5) is 4.44. The van der Waals surface area contributed by atoms with Crippen LogP contribution >= 0.6 is 0 Å². The van der Waals surface area contributed by atoms with Gasteiger partial charge < -0.3 is 9.84 Å². The van der Waals surface area contributed by atoms with Crippen LogP contribution in [0, 0.1) is 20.8 Å². The van der Waals surface area contributed by atoms with Gasteiger partial charge in [0.2, 0.25) is 0 Å². The molecule has 1 aromatic heterocycles. The Balaban J connectivity index is 2.09. The van der Waals surface area contributed by atoms with Crippen LogP contribution in [0.1, 0.15) is 27.9 Å². The second-order valence-electron chi connectivity index (χ2n) is 5.59. The molecule has 21 heavy (non-hydrogen) atoms. The third-order valence-corrected chi connectivity index (χ3v) is 3.77. The number of aliphatic hydroxyl groups excluding tert-OH is 1. The highest BCUT2D eigenvalue weighted by molar-refractivity contribution is 5.41. The first kappa shape index (κ1) is 15.5. The molecule has 0 saturated carbocycles. The van der Waals surface area contributed by atoms with Crippen molar-refractivity contribution in [3.05, 3.63) is 58.4 Å². The molecule has 0 spiro atoms. The van der Waals surface area contributed by atoms with Crippen LogP contribution in [0.5, 0.6) is 5.75 Å². The minimum Gasteiger partial charge on any atom is -0.496 e. The summed E-state index contributed by atoms with van der Waals surface area (Å²) in [6.45, 7) is 6.03. The average molecular weight is 285 g/mol. The molecule has 0 saturated heterocycles. The van der Waals surface area contributed by atoms with Crippen LogP contribution in [0.2, 0.25) is 0 Å². The van der Waals surface area contributed by atoms with E-state index in [2.05, 4.69) is 36.2 Å². The Hall–Kier alpha value is -1.87. The maximum Gasteiger partial charge on any atom is 0.128 e. The van der Waals surface area contributed by atoms with Crippen LogP contribution in [0.15, 0.2) is 30.5 Å². The molecule has 3 heteroatoms. The predicted octanol–water partition coefficient (Wildman–Crippen LogP) is 3.16. The van der Waals surface area contributed by atoms with Crippen molar-refractivity contribution in [3.8, 4) is 5.75 Å². The Kier molecular flexibility index (Phi) is 4.97. The molecule has 0 bridgehead atoms. The molecule has 0 aliphatic rings. The monoisotopic (exact) mass is 285 g/mol. The molecule has 2 aromatic rings. The minimum atomic E-state index is -0.439. The Labute approximate surface area is 126 Å². The zero-order chi connectivity index (χ0) is 15.4. The normalized spacial score (nSPS) is 12.2. The van der Waals surface area contributed by atoms with Crippen molar-refractivity contribution >= 4 is 0 Å². The van der Waals surface area contributed by atoms with E-state index in [1.165, 1.54) is 5.56 Å². The van der Waals surface area contributed by atoms with E-state index in [9.17, 15) is 5.11 Å². The van der Waals surface area contributed by atoms with Gasteiger partial charge in [-0.25, -0.2) is 0 Å². The summed E-state index contributed by atoms with van der Waals surface area (Å²) in [5, 5.41) is 10.3. The van der Waals surface area contributed by atoms with E-state index in [0.29, 0.717) is 12.8 Å². The highest BCUT2D eigenvalue weighted by atomic mass is 16.5.